The summed E-state index contributed by atoms with van der Waals surface area (Å²) >= 11 is 0. The summed E-state index contributed by atoms with van der Waals surface area (Å²) in [6, 6.07) is 9.96. The Bertz CT molecular complexity index is 2430. The number of carbonyl (C=O) groups is 4. The van der Waals surface area contributed by atoms with E-state index in [4.69, 9.17) is 19.2 Å². The normalized spacial score (nSPS) is 27.3. The van der Waals surface area contributed by atoms with Crippen molar-refractivity contribution in [2.45, 2.75) is 113 Å². The molecule has 0 spiro atoms. The second-order valence-electron chi connectivity index (χ2n) is 18.0. The summed E-state index contributed by atoms with van der Waals surface area (Å²) in [5.74, 6) is -4.37. The topological polar surface area (TPSA) is 182 Å². The van der Waals surface area contributed by atoms with E-state index in [1.54, 1.807) is 49.4 Å². The van der Waals surface area contributed by atoms with E-state index in [0.717, 1.165) is 13.8 Å². The van der Waals surface area contributed by atoms with Gasteiger partial charge in [0.05, 0.1) is 24.6 Å². The van der Waals surface area contributed by atoms with Gasteiger partial charge in [0.15, 0.2) is 5.60 Å². The molecule has 3 N–H and O–H groups in total. The van der Waals surface area contributed by atoms with Crippen molar-refractivity contribution in [1.82, 2.24) is 25.2 Å². The van der Waals surface area contributed by atoms with Gasteiger partial charge in [-0.2, -0.15) is 13.2 Å². The Hall–Kier alpha value is -5.30. The van der Waals surface area contributed by atoms with Crippen molar-refractivity contribution in [3.63, 3.8) is 0 Å². The van der Waals surface area contributed by atoms with Crippen LogP contribution in [0.1, 0.15) is 72.6 Å². The highest BCUT2D eigenvalue weighted by molar-refractivity contribution is 7.91. The second-order valence-corrected chi connectivity index (χ2v) is 20.0. The molecule has 4 aliphatic rings. The predicted octanol–water partition coefficient (Wildman–Crippen LogP) is 5.74. The fourth-order valence-electron chi connectivity index (χ4n) is 8.39. The number of pyridine rings is 1. The van der Waals surface area contributed by atoms with Crippen LogP contribution < -0.4 is 24.8 Å². The fourth-order valence-corrected chi connectivity index (χ4v) is 9.75. The molecule has 0 bridgehead atoms. The third kappa shape index (κ3) is 10.1. The number of allylic oxidation sites excluding steroid dienone is 1. The Morgan fingerprint density at radius 1 is 1.02 bits per heavy atom. The van der Waals surface area contributed by atoms with Crippen molar-refractivity contribution in [3.8, 4) is 22.9 Å². The fraction of sp³-hybridized carbons (Fsp3) is 0.533. The highest BCUT2D eigenvalue weighted by Gasteiger charge is 2.62. The number of hydrogen-bond acceptors (Lipinski definition) is 10. The van der Waals surface area contributed by atoms with Gasteiger partial charge in [-0.3, -0.25) is 23.9 Å². The highest BCUT2D eigenvalue weighted by atomic mass is 32.2. The first-order chi connectivity index (χ1) is 30.1. The quantitative estimate of drug-likeness (QED) is 0.159. The number of nitrogens with zero attached hydrogens (tertiary/aromatic N) is 2. The van der Waals surface area contributed by atoms with Crippen molar-refractivity contribution in [2.24, 2.45) is 17.8 Å². The molecule has 346 valence electrons. The first-order valence-electron chi connectivity index (χ1n) is 21.4. The van der Waals surface area contributed by atoms with Crippen LogP contribution >= 0.6 is 0 Å². The van der Waals surface area contributed by atoms with E-state index < -0.39 is 98.7 Å². The Morgan fingerprint density at radius 3 is 2.41 bits per heavy atom. The molecule has 0 unspecified atom stereocenters. The molecule has 2 aliphatic carbocycles. The Labute approximate surface area is 368 Å². The lowest BCUT2D eigenvalue weighted by atomic mass is 9.88. The van der Waals surface area contributed by atoms with Crippen molar-refractivity contribution < 1.29 is 59.4 Å². The number of benzene rings is 2. The van der Waals surface area contributed by atoms with Crippen molar-refractivity contribution in [1.29, 1.82) is 0 Å². The van der Waals surface area contributed by atoms with Crippen LogP contribution in [0.4, 0.5) is 17.6 Å². The number of amides is 4. The summed E-state index contributed by atoms with van der Waals surface area (Å²) in [6.07, 6.45) is 0.238. The Balaban J connectivity index is 1.25. The zero-order chi connectivity index (χ0) is 46.4. The minimum absolute atomic E-state index is 0.0232. The minimum Gasteiger partial charge on any atom is -0.497 e. The summed E-state index contributed by atoms with van der Waals surface area (Å²) in [5.41, 5.74) is -3.35. The molecule has 2 aromatic carbocycles. The monoisotopic (exact) mass is 915 g/mol. The molecule has 0 radical (unpaired) electrons. The molecular formula is C45H53F4N5O9S. The van der Waals surface area contributed by atoms with Gasteiger partial charge in [-0.15, -0.1) is 0 Å². The van der Waals surface area contributed by atoms with E-state index in [9.17, 15) is 45.2 Å². The molecule has 7 atom stereocenters. The molecule has 7 rings (SSSR count). The molecule has 19 heteroatoms. The van der Waals surface area contributed by atoms with E-state index >= 15 is 0 Å². The Morgan fingerprint density at radius 2 is 1.73 bits per heavy atom. The van der Waals surface area contributed by atoms with Crippen LogP contribution in [-0.2, 0) is 33.9 Å². The maximum Gasteiger partial charge on any atom is 0.416 e. The number of hydrogen-bond donors (Lipinski definition) is 3. The summed E-state index contributed by atoms with van der Waals surface area (Å²) < 4.78 is 100. The lowest BCUT2D eigenvalue weighted by molar-refractivity contribution is -0.261. The summed E-state index contributed by atoms with van der Waals surface area (Å²) in [5, 5.41) is 5.89. The van der Waals surface area contributed by atoms with E-state index in [1.807, 2.05) is 13.0 Å². The third-order valence-electron chi connectivity index (χ3n) is 12.6. The van der Waals surface area contributed by atoms with Crippen LogP contribution in [0.5, 0.6) is 11.6 Å². The maximum atomic E-state index is 15.0. The minimum atomic E-state index is -4.80. The van der Waals surface area contributed by atoms with Gasteiger partial charge in [0.2, 0.25) is 33.6 Å². The van der Waals surface area contributed by atoms with Crippen LogP contribution in [0.25, 0.3) is 22.0 Å². The number of methoxy groups -OCH3 is 1. The number of alkyl halides is 3. The zero-order valence-corrected chi connectivity index (χ0v) is 37.0. The molecule has 3 heterocycles. The van der Waals surface area contributed by atoms with Gasteiger partial charge < -0.3 is 29.7 Å². The molecule has 3 aromatic rings. The van der Waals surface area contributed by atoms with Gasteiger partial charge in [-0.25, -0.2) is 17.8 Å². The van der Waals surface area contributed by atoms with Crippen LogP contribution in [0, 0.1) is 23.6 Å². The van der Waals surface area contributed by atoms with Gasteiger partial charge in [0.1, 0.15) is 41.9 Å². The molecular weight excluding hydrogens is 863 g/mol. The first-order valence-corrected chi connectivity index (χ1v) is 22.9. The number of aromatic nitrogens is 1. The molecule has 64 heavy (non-hydrogen) atoms. The summed E-state index contributed by atoms with van der Waals surface area (Å²) in [4.78, 5) is 62.9. The van der Waals surface area contributed by atoms with Gasteiger partial charge >= 0.3 is 6.18 Å². The number of ether oxygens (including phenoxy) is 3. The predicted molar refractivity (Wildman–Crippen MR) is 227 cm³/mol. The smallest absolute Gasteiger partial charge is 0.416 e. The molecule has 2 saturated carbocycles. The van der Waals surface area contributed by atoms with Crippen LogP contribution in [0.2, 0.25) is 0 Å². The third-order valence-corrected chi connectivity index (χ3v) is 14.4. The molecule has 4 amide bonds. The standard InChI is InChI=1S/C45H53F4N5O9S/c1-25-8-6-7-9-29-22-44(29,42(58)53-64(59,60)33-15-16-33)52-39(56)36-21-32(23-54(36)41(57)38(26(2)18-25)51-37(55)24-62-43(3,4)45(47,48)49)63-40-34-17-14-31(61-5)19-28(34)20-35(50-40)27-10-12-30(46)13-11-27/h7,9-14,17,19-20,25-26,29,32-33,36,38H,6,8,15-16,18,21-24H2,1-5H3,(H,51,55)(H,52,56)(H,53,58)/b9-7-/t25-,26-,29-,32-,36+,38+,44-/m1/s1. The number of halogens is 4. The zero-order valence-electron chi connectivity index (χ0n) is 36.2. The summed E-state index contributed by atoms with van der Waals surface area (Å²) in [6.45, 7) is 4.00. The first kappa shape index (κ1) is 46.7. The van der Waals surface area contributed by atoms with Gasteiger partial charge in [-0.05, 0) is 118 Å². The molecule has 1 saturated heterocycles. The number of sulfonamides is 1. The van der Waals surface area contributed by atoms with Crippen molar-refractivity contribution >= 4 is 44.4 Å². The number of nitrogens with one attached hydrogen (secondary N) is 3. The van der Waals surface area contributed by atoms with E-state index in [-0.39, 0.29) is 31.2 Å². The van der Waals surface area contributed by atoms with E-state index in [2.05, 4.69) is 15.4 Å². The average Bonchev–Trinajstić information content (AvgIpc) is 4.16. The number of fused-ring (bicyclic) bond motifs is 3. The van der Waals surface area contributed by atoms with Crippen molar-refractivity contribution in [2.75, 3.05) is 20.3 Å². The Kier molecular flexibility index (Phi) is 13.1. The second kappa shape index (κ2) is 17.9. The van der Waals surface area contributed by atoms with E-state index in [0.29, 0.717) is 59.9 Å². The molecule has 14 nitrogen and oxygen atoms in total. The largest absolute Gasteiger partial charge is 0.497 e. The van der Waals surface area contributed by atoms with Gasteiger partial charge in [-0.1, -0.05) is 26.0 Å². The maximum absolute atomic E-state index is 15.0. The van der Waals surface area contributed by atoms with E-state index in [1.165, 1.54) is 24.1 Å². The lowest BCUT2D eigenvalue weighted by Gasteiger charge is -2.33. The molecule has 1 aromatic heterocycles. The van der Waals surface area contributed by atoms with Crippen LogP contribution in [0.15, 0.2) is 60.7 Å². The average molecular weight is 916 g/mol. The van der Waals surface area contributed by atoms with Crippen LogP contribution in [0.3, 0.4) is 0 Å². The summed E-state index contributed by atoms with van der Waals surface area (Å²) in [7, 11) is -2.50. The van der Waals surface area contributed by atoms with Crippen LogP contribution in [-0.4, -0.2) is 103 Å². The van der Waals surface area contributed by atoms with Gasteiger partial charge in [0, 0.05) is 23.3 Å². The van der Waals surface area contributed by atoms with Crippen molar-refractivity contribution in [3.05, 3.63) is 66.5 Å². The lowest BCUT2D eigenvalue weighted by Crippen LogP contribution is -2.59. The highest BCUT2D eigenvalue weighted by Crippen LogP contribution is 2.46. The number of rotatable bonds is 11. The molecule has 3 fully saturated rings. The SMILES string of the molecule is COc1ccc2c(O[C@@H]3C[C@H]4C(=O)N[C@]5(C(=O)NS(=O)(=O)C6CC6)C[C@H]5/C=C\CC[C@@H](C)C[C@@H](C)[C@H](NC(=O)COC(C)(C)C(F)(F)F)C(=O)N4C3)nc(-c3ccc(F)cc3)cc2c1. The number of carbonyl (C=O) groups excluding carboxylic acids is 4. The molecule has 2 aliphatic heterocycles. The van der Waals surface area contributed by atoms with Gasteiger partial charge in [0.25, 0.3) is 5.91 Å².